The fourth-order valence-corrected chi connectivity index (χ4v) is 2.78. The topological polar surface area (TPSA) is 50.3 Å². The second kappa shape index (κ2) is 6.03. The standard InChI is InChI=1S/C14H27N5/c1-11(2)19-9-12(8-16-19)14(7-15)18-6-5-13(10-18)17(3)4/h8-9,11,13-14H,5-7,10,15H2,1-4H3. The maximum Gasteiger partial charge on any atom is 0.0538 e. The average Bonchev–Trinajstić information content (AvgIpc) is 2.98. The Morgan fingerprint density at radius 3 is 2.68 bits per heavy atom. The molecule has 0 amide bonds. The van der Waals surface area contributed by atoms with Gasteiger partial charge in [0, 0.05) is 43.5 Å². The summed E-state index contributed by atoms with van der Waals surface area (Å²) in [5, 5.41) is 4.43. The van der Waals surface area contributed by atoms with Crippen LogP contribution in [0.2, 0.25) is 0 Å². The highest BCUT2D eigenvalue weighted by molar-refractivity contribution is 5.12. The molecule has 0 aliphatic carbocycles. The molecule has 0 aromatic carbocycles. The van der Waals surface area contributed by atoms with Crippen LogP contribution >= 0.6 is 0 Å². The summed E-state index contributed by atoms with van der Waals surface area (Å²) >= 11 is 0. The molecule has 0 saturated carbocycles. The molecule has 1 fully saturated rings. The molecule has 0 radical (unpaired) electrons. The number of nitrogens with zero attached hydrogens (tertiary/aromatic N) is 4. The Labute approximate surface area is 116 Å². The Balaban J connectivity index is 2.07. The van der Waals surface area contributed by atoms with Gasteiger partial charge in [0.05, 0.1) is 12.2 Å². The molecule has 1 aliphatic heterocycles. The zero-order valence-electron chi connectivity index (χ0n) is 12.6. The molecule has 0 bridgehead atoms. The molecule has 2 unspecified atom stereocenters. The minimum absolute atomic E-state index is 0.303. The molecule has 0 spiro atoms. The molecule has 1 aromatic rings. The number of rotatable bonds is 5. The number of hydrogen-bond donors (Lipinski definition) is 1. The Bertz CT molecular complexity index is 398. The molecule has 19 heavy (non-hydrogen) atoms. The van der Waals surface area contributed by atoms with E-state index in [4.69, 9.17) is 5.73 Å². The van der Waals surface area contributed by atoms with Crippen molar-refractivity contribution in [3.05, 3.63) is 18.0 Å². The smallest absolute Gasteiger partial charge is 0.0538 e. The maximum atomic E-state index is 6.00. The SMILES string of the molecule is CC(C)n1cc(C(CN)N2CCC(N(C)C)C2)cn1. The van der Waals surface area contributed by atoms with E-state index < -0.39 is 0 Å². The summed E-state index contributed by atoms with van der Waals surface area (Å²) in [7, 11) is 4.31. The van der Waals surface area contributed by atoms with Gasteiger partial charge in [0.2, 0.25) is 0 Å². The van der Waals surface area contributed by atoms with Crippen molar-refractivity contribution in [1.29, 1.82) is 0 Å². The number of aromatic nitrogens is 2. The van der Waals surface area contributed by atoms with Crippen molar-refractivity contribution in [2.75, 3.05) is 33.7 Å². The van der Waals surface area contributed by atoms with Gasteiger partial charge in [-0.3, -0.25) is 9.58 Å². The highest BCUT2D eigenvalue weighted by Crippen LogP contribution is 2.25. The van der Waals surface area contributed by atoms with E-state index in [-0.39, 0.29) is 0 Å². The maximum absolute atomic E-state index is 6.00. The third-order valence-electron chi connectivity index (χ3n) is 4.12. The van der Waals surface area contributed by atoms with Crippen LogP contribution in [0.25, 0.3) is 0 Å². The van der Waals surface area contributed by atoms with Crippen LogP contribution in [0, 0.1) is 0 Å². The minimum Gasteiger partial charge on any atom is -0.329 e. The molecular weight excluding hydrogens is 238 g/mol. The third-order valence-corrected chi connectivity index (χ3v) is 4.12. The highest BCUT2D eigenvalue weighted by atomic mass is 15.3. The molecule has 2 heterocycles. The zero-order chi connectivity index (χ0) is 14.0. The molecule has 5 heteroatoms. The fourth-order valence-electron chi connectivity index (χ4n) is 2.78. The lowest BCUT2D eigenvalue weighted by molar-refractivity contribution is 0.220. The van der Waals surface area contributed by atoms with Gasteiger partial charge in [-0.2, -0.15) is 5.10 Å². The highest BCUT2D eigenvalue weighted by Gasteiger charge is 2.30. The minimum atomic E-state index is 0.303. The van der Waals surface area contributed by atoms with Crippen molar-refractivity contribution in [3.8, 4) is 0 Å². The van der Waals surface area contributed by atoms with E-state index in [1.807, 2.05) is 10.9 Å². The first kappa shape index (κ1) is 14.5. The van der Waals surface area contributed by atoms with Crippen LogP contribution in [0.5, 0.6) is 0 Å². The Kier molecular flexibility index (Phi) is 4.60. The van der Waals surface area contributed by atoms with Crippen LogP contribution in [0.3, 0.4) is 0 Å². The van der Waals surface area contributed by atoms with Gasteiger partial charge in [-0.05, 0) is 34.4 Å². The second-order valence-electron chi connectivity index (χ2n) is 6.00. The molecular formula is C14H27N5. The van der Waals surface area contributed by atoms with Gasteiger partial charge >= 0.3 is 0 Å². The number of nitrogens with two attached hydrogens (primary N) is 1. The lowest BCUT2D eigenvalue weighted by atomic mass is 10.1. The van der Waals surface area contributed by atoms with Crippen molar-refractivity contribution in [1.82, 2.24) is 19.6 Å². The van der Waals surface area contributed by atoms with E-state index in [1.54, 1.807) is 0 Å². The molecule has 1 saturated heterocycles. The van der Waals surface area contributed by atoms with Crippen LogP contribution in [0.15, 0.2) is 12.4 Å². The first-order chi connectivity index (χ1) is 9.02. The quantitative estimate of drug-likeness (QED) is 0.866. The monoisotopic (exact) mass is 265 g/mol. The van der Waals surface area contributed by atoms with E-state index in [1.165, 1.54) is 12.0 Å². The molecule has 108 valence electrons. The van der Waals surface area contributed by atoms with Crippen molar-refractivity contribution in [2.45, 2.75) is 38.4 Å². The van der Waals surface area contributed by atoms with Crippen LogP contribution in [0.1, 0.15) is 37.9 Å². The number of likely N-dealkylation sites (tertiary alicyclic amines) is 1. The van der Waals surface area contributed by atoms with Gasteiger partial charge in [-0.15, -0.1) is 0 Å². The van der Waals surface area contributed by atoms with E-state index >= 15 is 0 Å². The van der Waals surface area contributed by atoms with Gasteiger partial charge in [0.25, 0.3) is 0 Å². The summed E-state index contributed by atoms with van der Waals surface area (Å²) in [4.78, 5) is 4.80. The van der Waals surface area contributed by atoms with Gasteiger partial charge in [0.1, 0.15) is 0 Å². The first-order valence-corrected chi connectivity index (χ1v) is 7.17. The van der Waals surface area contributed by atoms with Crippen molar-refractivity contribution in [2.24, 2.45) is 5.73 Å². The van der Waals surface area contributed by atoms with Crippen LogP contribution in [-0.2, 0) is 0 Å². The molecule has 5 nitrogen and oxygen atoms in total. The molecule has 2 rings (SSSR count). The van der Waals surface area contributed by atoms with Gasteiger partial charge < -0.3 is 10.6 Å². The summed E-state index contributed by atoms with van der Waals surface area (Å²) in [6.07, 6.45) is 5.34. The third kappa shape index (κ3) is 3.16. The van der Waals surface area contributed by atoms with Gasteiger partial charge in [-0.25, -0.2) is 0 Å². The van der Waals surface area contributed by atoms with Crippen LogP contribution < -0.4 is 5.73 Å². The van der Waals surface area contributed by atoms with Gasteiger partial charge in [-0.1, -0.05) is 0 Å². The Hall–Kier alpha value is -0.910. The lowest BCUT2D eigenvalue weighted by Gasteiger charge is -2.27. The summed E-state index contributed by atoms with van der Waals surface area (Å²) in [6.45, 7) is 7.17. The molecule has 1 aliphatic rings. The second-order valence-corrected chi connectivity index (χ2v) is 6.00. The summed E-state index contributed by atoms with van der Waals surface area (Å²) in [6, 6.07) is 1.35. The molecule has 2 N–H and O–H groups in total. The summed E-state index contributed by atoms with van der Waals surface area (Å²) in [5.41, 5.74) is 7.25. The molecule has 1 aromatic heterocycles. The summed E-state index contributed by atoms with van der Waals surface area (Å²) < 4.78 is 2.01. The molecule has 2 atom stereocenters. The predicted octanol–water partition coefficient (Wildman–Crippen LogP) is 1.10. The Morgan fingerprint density at radius 1 is 1.47 bits per heavy atom. The van der Waals surface area contributed by atoms with E-state index in [0.717, 1.165) is 13.1 Å². The average molecular weight is 265 g/mol. The Morgan fingerprint density at radius 2 is 2.21 bits per heavy atom. The van der Waals surface area contributed by atoms with Crippen molar-refractivity contribution >= 4 is 0 Å². The normalized spacial score (nSPS) is 22.6. The zero-order valence-corrected chi connectivity index (χ0v) is 12.6. The predicted molar refractivity (Wildman–Crippen MR) is 78.1 cm³/mol. The first-order valence-electron chi connectivity index (χ1n) is 7.17. The van der Waals surface area contributed by atoms with E-state index in [0.29, 0.717) is 24.7 Å². The summed E-state index contributed by atoms with van der Waals surface area (Å²) in [5.74, 6) is 0. The van der Waals surface area contributed by atoms with E-state index in [9.17, 15) is 0 Å². The fraction of sp³-hybridized carbons (Fsp3) is 0.786. The largest absolute Gasteiger partial charge is 0.329 e. The van der Waals surface area contributed by atoms with Crippen molar-refractivity contribution < 1.29 is 0 Å². The van der Waals surface area contributed by atoms with Crippen molar-refractivity contribution in [3.63, 3.8) is 0 Å². The number of likely N-dealkylation sites (N-methyl/N-ethyl adjacent to an activating group) is 1. The van der Waals surface area contributed by atoms with Crippen LogP contribution in [0.4, 0.5) is 0 Å². The van der Waals surface area contributed by atoms with Crippen LogP contribution in [-0.4, -0.2) is 59.4 Å². The lowest BCUT2D eigenvalue weighted by Crippen LogP contribution is -2.35. The van der Waals surface area contributed by atoms with E-state index in [2.05, 4.69) is 49.0 Å². The number of hydrogen-bond acceptors (Lipinski definition) is 4. The van der Waals surface area contributed by atoms with Gasteiger partial charge in [0.15, 0.2) is 0 Å².